The fourth-order valence-electron chi connectivity index (χ4n) is 0.913. The van der Waals surface area contributed by atoms with Crippen molar-refractivity contribution in [1.82, 2.24) is 9.55 Å². The van der Waals surface area contributed by atoms with Crippen LogP contribution in [0, 0.1) is 0 Å². The zero-order chi connectivity index (χ0) is 9.14. The Kier molecular flexibility index (Phi) is 2.44. The van der Waals surface area contributed by atoms with Crippen molar-refractivity contribution in [3.05, 3.63) is 33.1 Å². The summed E-state index contributed by atoms with van der Waals surface area (Å²) in [7, 11) is 0. The lowest BCUT2D eigenvalue weighted by Crippen LogP contribution is -2.39. The molecular weight excluding hydrogens is 158 g/mol. The Hall–Kier alpha value is -1.36. The van der Waals surface area contributed by atoms with Crippen LogP contribution in [0.5, 0.6) is 0 Å². The van der Waals surface area contributed by atoms with Crippen LogP contribution in [0.1, 0.15) is 6.92 Å². The Morgan fingerprint density at radius 1 is 1.67 bits per heavy atom. The fourth-order valence-corrected chi connectivity index (χ4v) is 0.913. The van der Waals surface area contributed by atoms with Crippen LogP contribution < -0.4 is 17.0 Å². The lowest BCUT2D eigenvalue weighted by atomic mass is 10.3. The highest BCUT2D eigenvalue weighted by Gasteiger charge is 2.01. The van der Waals surface area contributed by atoms with Crippen LogP contribution in [-0.4, -0.2) is 15.6 Å². The van der Waals surface area contributed by atoms with Gasteiger partial charge in [0, 0.05) is 24.8 Å². The second-order valence-corrected chi connectivity index (χ2v) is 2.71. The number of nitrogens with one attached hydrogen (secondary N) is 1. The first kappa shape index (κ1) is 8.73. The minimum atomic E-state index is -0.417. The summed E-state index contributed by atoms with van der Waals surface area (Å²) in [5, 5.41) is 0. The highest BCUT2D eigenvalue weighted by atomic mass is 16.2. The maximum atomic E-state index is 11.1. The largest absolute Gasteiger partial charge is 0.328 e. The molecule has 0 amide bonds. The summed E-state index contributed by atoms with van der Waals surface area (Å²) in [6.07, 6.45) is 1.32. The molecule has 0 aliphatic rings. The number of nitrogens with two attached hydrogens (primary N) is 1. The molecule has 0 bridgehead atoms. The number of H-pyrrole nitrogens is 1. The highest BCUT2D eigenvalue weighted by Crippen LogP contribution is 1.77. The lowest BCUT2D eigenvalue weighted by Gasteiger charge is -2.05. The van der Waals surface area contributed by atoms with E-state index in [9.17, 15) is 9.59 Å². The average molecular weight is 169 g/mol. The van der Waals surface area contributed by atoms with E-state index in [1.54, 1.807) is 6.92 Å². The van der Waals surface area contributed by atoms with E-state index < -0.39 is 5.69 Å². The molecule has 5 nitrogen and oxygen atoms in total. The fraction of sp³-hybridized carbons (Fsp3) is 0.429. The molecule has 1 atom stereocenters. The molecule has 0 aromatic carbocycles. The summed E-state index contributed by atoms with van der Waals surface area (Å²) >= 11 is 0. The molecule has 0 aliphatic heterocycles. The molecule has 1 aromatic rings. The van der Waals surface area contributed by atoms with Crippen molar-refractivity contribution >= 4 is 0 Å². The molecule has 0 saturated heterocycles. The number of hydrogen-bond donors (Lipinski definition) is 2. The zero-order valence-electron chi connectivity index (χ0n) is 6.78. The first-order chi connectivity index (χ1) is 5.61. The Balaban J connectivity index is 3.14. The van der Waals surface area contributed by atoms with Gasteiger partial charge in [-0.15, -0.1) is 0 Å². The minimum Gasteiger partial charge on any atom is -0.326 e. The van der Waals surface area contributed by atoms with Crippen molar-refractivity contribution in [2.24, 2.45) is 5.73 Å². The molecule has 66 valence electrons. The van der Waals surface area contributed by atoms with Gasteiger partial charge in [0.25, 0.3) is 5.56 Å². The van der Waals surface area contributed by atoms with E-state index in [1.807, 2.05) is 0 Å². The molecule has 12 heavy (non-hydrogen) atoms. The SMILES string of the molecule is CC(N)Cn1c(=O)cc[nH]c1=O. The molecule has 0 saturated carbocycles. The molecule has 3 N–H and O–H groups in total. The van der Waals surface area contributed by atoms with Crippen molar-refractivity contribution in [2.45, 2.75) is 19.5 Å². The molecule has 1 aromatic heterocycles. The normalized spacial score (nSPS) is 12.8. The molecule has 0 fully saturated rings. The van der Waals surface area contributed by atoms with Gasteiger partial charge in [-0.1, -0.05) is 0 Å². The number of aromatic nitrogens is 2. The van der Waals surface area contributed by atoms with E-state index >= 15 is 0 Å². The van der Waals surface area contributed by atoms with Gasteiger partial charge in [0.15, 0.2) is 0 Å². The van der Waals surface area contributed by atoms with Crippen molar-refractivity contribution in [1.29, 1.82) is 0 Å². The number of nitrogens with zero attached hydrogens (tertiary/aromatic N) is 1. The first-order valence-electron chi connectivity index (χ1n) is 3.65. The zero-order valence-corrected chi connectivity index (χ0v) is 6.78. The molecule has 1 unspecified atom stereocenters. The van der Waals surface area contributed by atoms with Crippen LogP contribution >= 0.6 is 0 Å². The van der Waals surface area contributed by atoms with Gasteiger partial charge in [-0.05, 0) is 6.92 Å². The second-order valence-electron chi connectivity index (χ2n) is 2.71. The predicted molar refractivity (Wildman–Crippen MR) is 45.0 cm³/mol. The number of rotatable bonds is 2. The van der Waals surface area contributed by atoms with Gasteiger partial charge in [0.2, 0.25) is 0 Å². The summed E-state index contributed by atoms with van der Waals surface area (Å²) in [5.41, 5.74) is 4.71. The third-order valence-electron chi connectivity index (χ3n) is 1.41. The molecule has 0 aliphatic carbocycles. The van der Waals surface area contributed by atoms with Crippen LogP contribution in [0.3, 0.4) is 0 Å². The van der Waals surface area contributed by atoms with Crippen molar-refractivity contribution in [3.63, 3.8) is 0 Å². The van der Waals surface area contributed by atoms with Crippen LogP contribution in [0.4, 0.5) is 0 Å². The summed E-state index contributed by atoms with van der Waals surface area (Å²) in [6, 6.07) is 1.09. The molecule has 1 heterocycles. The van der Waals surface area contributed by atoms with Crippen molar-refractivity contribution < 1.29 is 0 Å². The van der Waals surface area contributed by atoms with Crippen LogP contribution in [0.15, 0.2) is 21.9 Å². The van der Waals surface area contributed by atoms with Gasteiger partial charge < -0.3 is 10.7 Å². The Morgan fingerprint density at radius 2 is 2.33 bits per heavy atom. The van der Waals surface area contributed by atoms with Gasteiger partial charge >= 0.3 is 5.69 Å². The highest BCUT2D eigenvalue weighted by molar-refractivity contribution is 4.83. The molecule has 5 heteroatoms. The Labute approximate surface area is 68.8 Å². The predicted octanol–water partition coefficient (Wildman–Crippen LogP) is -1.12. The van der Waals surface area contributed by atoms with E-state index in [1.165, 1.54) is 12.3 Å². The molecule has 1 rings (SSSR count). The monoisotopic (exact) mass is 169 g/mol. The lowest BCUT2D eigenvalue weighted by molar-refractivity contribution is 0.549. The third kappa shape index (κ3) is 1.82. The van der Waals surface area contributed by atoms with Gasteiger partial charge in [-0.3, -0.25) is 9.36 Å². The summed E-state index contributed by atoms with van der Waals surface area (Å²) in [6.45, 7) is 1.98. The minimum absolute atomic E-state index is 0.203. The Morgan fingerprint density at radius 3 is 2.83 bits per heavy atom. The first-order valence-corrected chi connectivity index (χ1v) is 3.65. The van der Waals surface area contributed by atoms with Crippen LogP contribution in [0.2, 0.25) is 0 Å². The maximum absolute atomic E-state index is 11.1. The van der Waals surface area contributed by atoms with Gasteiger partial charge in [-0.2, -0.15) is 0 Å². The van der Waals surface area contributed by atoms with Crippen LogP contribution in [-0.2, 0) is 6.54 Å². The standard InChI is InChI=1S/C7H11N3O2/c1-5(8)4-10-6(11)2-3-9-7(10)12/h2-3,5H,4,8H2,1H3,(H,9,12). The number of hydrogen-bond acceptors (Lipinski definition) is 3. The van der Waals surface area contributed by atoms with E-state index in [0.29, 0.717) is 0 Å². The van der Waals surface area contributed by atoms with Gasteiger partial charge in [-0.25, -0.2) is 4.79 Å². The summed E-state index contributed by atoms with van der Waals surface area (Å²) < 4.78 is 1.07. The van der Waals surface area contributed by atoms with E-state index in [0.717, 1.165) is 4.57 Å². The quantitative estimate of drug-likeness (QED) is 0.588. The second kappa shape index (κ2) is 3.36. The van der Waals surface area contributed by atoms with Crippen LogP contribution in [0.25, 0.3) is 0 Å². The van der Waals surface area contributed by atoms with Crippen molar-refractivity contribution in [2.75, 3.05) is 0 Å². The van der Waals surface area contributed by atoms with E-state index in [4.69, 9.17) is 5.73 Å². The molecular formula is C7H11N3O2. The van der Waals surface area contributed by atoms with E-state index in [2.05, 4.69) is 4.98 Å². The Bertz CT molecular complexity index is 335. The summed E-state index contributed by atoms with van der Waals surface area (Å²) in [5.74, 6) is 0. The smallest absolute Gasteiger partial charge is 0.326 e. The summed E-state index contributed by atoms with van der Waals surface area (Å²) in [4.78, 5) is 24.5. The topological polar surface area (TPSA) is 80.9 Å². The van der Waals surface area contributed by atoms with Gasteiger partial charge in [0.1, 0.15) is 0 Å². The number of aromatic amines is 1. The average Bonchev–Trinajstić information content (AvgIpc) is 1.97. The third-order valence-corrected chi connectivity index (χ3v) is 1.41. The maximum Gasteiger partial charge on any atom is 0.328 e. The van der Waals surface area contributed by atoms with E-state index in [-0.39, 0.29) is 18.1 Å². The van der Waals surface area contributed by atoms with Crippen molar-refractivity contribution in [3.8, 4) is 0 Å². The molecule has 0 spiro atoms. The molecule has 0 radical (unpaired) electrons. The van der Waals surface area contributed by atoms with Gasteiger partial charge in [0.05, 0.1) is 0 Å².